The van der Waals surface area contributed by atoms with Gasteiger partial charge in [-0.1, -0.05) is 30.3 Å². The number of hydrogen-bond donors (Lipinski definition) is 2. The predicted molar refractivity (Wildman–Crippen MR) is 93.2 cm³/mol. The van der Waals surface area contributed by atoms with Gasteiger partial charge in [0.15, 0.2) is 5.65 Å². The first-order valence-corrected chi connectivity index (χ1v) is 8.12. The van der Waals surface area contributed by atoms with Crippen LogP contribution in [0.25, 0.3) is 5.65 Å². The summed E-state index contributed by atoms with van der Waals surface area (Å²) < 4.78 is 7.72. The largest absolute Gasteiger partial charge is 0.388 e. The number of ether oxygens (including phenoxy) is 1. The average molecular weight is 323 g/mol. The van der Waals surface area contributed by atoms with Crippen LogP contribution in [0, 0.1) is 13.8 Å². The lowest BCUT2D eigenvalue weighted by Gasteiger charge is -2.37. The minimum atomic E-state index is -0.676. The van der Waals surface area contributed by atoms with Gasteiger partial charge in [0.25, 0.3) is 0 Å². The molecule has 5 heteroatoms. The summed E-state index contributed by atoms with van der Waals surface area (Å²) in [5.74, 6) is 0. The van der Waals surface area contributed by atoms with Gasteiger partial charge in [-0.2, -0.15) is 0 Å². The van der Waals surface area contributed by atoms with Gasteiger partial charge in [-0.05, 0) is 25.5 Å². The maximum Gasteiger partial charge on any atom is 0.161 e. The fourth-order valence-corrected chi connectivity index (χ4v) is 3.54. The molecular formula is C19H21N3O2. The number of imidazole rings is 1. The van der Waals surface area contributed by atoms with Crippen LogP contribution >= 0.6 is 0 Å². The number of aromatic nitrogens is 2. The highest BCUT2D eigenvalue weighted by Crippen LogP contribution is 2.42. The Kier molecular flexibility index (Phi) is 3.55. The van der Waals surface area contributed by atoms with Crippen molar-refractivity contribution in [3.05, 3.63) is 65.1 Å². The van der Waals surface area contributed by atoms with Gasteiger partial charge < -0.3 is 19.6 Å². The van der Waals surface area contributed by atoms with Crippen molar-refractivity contribution < 1.29 is 9.84 Å². The Morgan fingerprint density at radius 3 is 2.62 bits per heavy atom. The zero-order valence-corrected chi connectivity index (χ0v) is 14.0. The van der Waals surface area contributed by atoms with Crippen molar-refractivity contribution in [1.29, 1.82) is 0 Å². The van der Waals surface area contributed by atoms with Crippen molar-refractivity contribution in [2.45, 2.75) is 32.1 Å². The van der Waals surface area contributed by atoms with Gasteiger partial charge in [0.05, 0.1) is 17.4 Å². The van der Waals surface area contributed by atoms with Crippen LogP contribution in [0.4, 0.5) is 5.69 Å². The molecule has 24 heavy (non-hydrogen) atoms. The smallest absolute Gasteiger partial charge is 0.161 e. The normalized spacial score (nSPS) is 23.1. The first-order valence-electron chi connectivity index (χ1n) is 8.12. The molecule has 0 radical (unpaired) electrons. The van der Waals surface area contributed by atoms with Crippen molar-refractivity contribution in [2.75, 3.05) is 12.4 Å². The summed E-state index contributed by atoms with van der Waals surface area (Å²) >= 11 is 0. The second-order valence-electron chi connectivity index (χ2n) is 6.30. The Labute approximate surface area is 140 Å². The van der Waals surface area contributed by atoms with Gasteiger partial charge in [0.2, 0.25) is 0 Å². The van der Waals surface area contributed by atoms with E-state index in [0.717, 1.165) is 33.8 Å². The SMILES string of the molecule is CO[C@H]1c2ccn3c(C)c(C)nc3c2N[C@@H](c2ccccc2)[C@@H]1O. The molecule has 4 rings (SSSR count). The van der Waals surface area contributed by atoms with E-state index in [1.165, 1.54) is 0 Å². The summed E-state index contributed by atoms with van der Waals surface area (Å²) in [7, 11) is 1.64. The van der Waals surface area contributed by atoms with Crippen LogP contribution in [0.2, 0.25) is 0 Å². The zero-order chi connectivity index (χ0) is 16.8. The van der Waals surface area contributed by atoms with E-state index in [0.29, 0.717) is 0 Å². The molecule has 3 heterocycles. The summed E-state index contributed by atoms with van der Waals surface area (Å²) in [6, 6.07) is 11.7. The van der Waals surface area contributed by atoms with Crippen molar-refractivity contribution in [3.63, 3.8) is 0 Å². The molecule has 0 saturated carbocycles. The number of fused-ring (bicyclic) bond motifs is 3. The van der Waals surface area contributed by atoms with Crippen LogP contribution in [0.1, 0.15) is 34.7 Å². The number of nitrogens with one attached hydrogen (secondary N) is 1. The Bertz CT molecular complexity index is 889. The number of aryl methyl sites for hydroxylation is 2. The number of aliphatic hydroxyl groups excluding tert-OH is 1. The molecule has 2 aromatic heterocycles. The molecule has 3 atom stereocenters. The Morgan fingerprint density at radius 2 is 1.92 bits per heavy atom. The molecule has 1 aliphatic rings. The first kappa shape index (κ1) is 15.2. The third kappa shape index (κ3) is 2.12. The standard InChI is InChI=1S/C19H21N3O2/c1-11-12(2)22-10-9-14-16(19(22)20-11)21-15(17(23)18(14)24-3)13-7-5-4-6-8-13/h4-10,15,17-18,21,23H,1-3H3/t15-,17-,18-/m0/s1. The molecule has 1 aliphatic heterocycles. The third-order valence-corrected chi connectivity index (χ3v) is 4.97. The minimum Gasteiger partial charge on any atom is -0.388 e. The Balaban J connectivity index is 1.91. The fourth-order valence-electron chi connectivity index (χ4n) is 3.54. The van der Waals surface area contributed by atoms with Crippen molar-refractivity contribution in [2.24, 2.45) is 0 Å². The lowest BCUT2D eigenvalue weighted by molar-refractivity contribution is -0.0268. The van der Waals surface area contributed by atoms with Crippen molar-refractivity contribution in [3.8, 4) is 0 Å². The minimum absolute atomic E-state index is 0.243. The number of benzene rings is 1. The highest BCUT2D eigenvalue weighted by molar-refractivity contribution is 5.75. The van der Waals surface area contributed by atoms with Crippen LogP contribution in [-0.2, 0) is 4.74 Å². The summed E-state index contributed by atoms with van der Waals surface area (Å²) in [6.45, 7) is 4.07. The monoisotopic (exact) mass is 323 g/mol. The maximum atomic E-state index is 10.8. The summed E-state index contributed by atoms with van der Waals surface area (Å²) in [5.41, 5.74) is 5.89. The summed E-state index contributed by atoms with van der Waals surface area (Å²) in [6.07, 6.45) is 0.922. The summed E-state index contributed by atoms with van der Waals surface area (Å²) in [5, 5.41) is 14.3. The van der Waals surface area contributed by atoms with Crippen molar-refractivity contribution in [1.82, 2.24) is 9.38 Å². The van der Waals surface area contributed by atoms with Gasteiger partial charge in [-0.25, -0.2) is 4.98 Å². The highest BCUT2D eigenvalue weighted by Gasteiger charge is 2.37. The van der Waals surface area contributed by atoms with E-state index < -0.39 is 12.2 Å². The molecule has 124 valence electrons. The number of nitrogens with zero attached hydrogens (tertiary/aromatic N) is 2. The number of pyridine rings is 1. The van der Waals surface area contributed by atoms with E-state index in [2.05, 4.69) is 16.6 Å². The predicted octanol–water partition coefficient (Wildman–Crippen LogP) is 3.17. The molecule has 5 nitrogen and oxygen atoms in total. The number of rotatable bonds is 2. The number of methoxy groups -OCH3 is 1. The molecule has 3 aromatic rings. The Hall–Kier alpha value is -2.37. The molecule has 0 amide bonds. The van der Waals surface area contributed by atoms with Crippen LogP contribution in [0.5, 0.6) is 0 Å². The molecular weight excluding hydrogens is 302 g/mol. The van der Waals surface area contributed by atoms with E-state index >= 15 is 0 Å². The van der Waals surface area contributed by atoms with Crippen LogP contribution in [0.3, 0.4) is 0 Å². The van der Waals surface area contributed by atoms with Crippen LogP contribution < -0.4 is 5.32 Å². The quantitative estimate of drug-likeness (QED) is 0.760. The molecule has 0 aliphatic carbocycles. The Morgan fingerprint density at radius 1 is 1.17 bits per heavy atom. The lowest BCUT2D eigenvalue weighted by atomic mass is 9.89. The molecule has 0 bridgehead atoms. The maximum absolute atomic E-state index is 10.8. The molecule has 1 aromatic carbocycles. The van der Waals surface area contributed by atoms with Gasteiger partial charge in [0.1, 0.15) is 12.2 Å². The van der Waals surface area contributed by atoms with Crippen LogP contribution in [-0.4, -0.2) is 27.7 Å². The van der Waals surface area contributed by atoms with Crippen molar-refractivity contribution >= 4 is 11.3 Å². The molecule has 0 fully saturated rings. The number of hydrogen-bond acceptors (Lipinski definition) is 4. The number of anilines is 1. The molecule has 2 N–H and O–H groups in total. The van der Waals surface area contributed by atoms with Gasteiger partial charge in [0, 0.05) is 24.6 Å². The molecule has 0 unspecified atom stereocenters. The van der Waals surface area contributed by atoms with E-state index in [1.54, 1.807) is 7.11 Å². The fraction of sp³-hybridized carbons (Fsp3) is 0.316. The number of aliphatic hydroxyl groups is 1. The van der Waals surface area contributed by atoms with Crippen LogP contribution in [0.15, 0.2) is 42.6 Å². The second-order valence-corrected chi connectivity index (χ2v) is 6.30. The van der Waals surface area contributed by atoms with Gasteiger partial charge >= 0.3 is 0 Å². The van der Waals surface area contributed by atoms with Gasteiger partial charge in [-0.3, -0.25) is 0 Å². The molecule has 0 saturated heterocycles. The van der Waals surface area contributed by atoms with E-state index in [-0.39, 0.29) is 6.04 Å². The highest BCUT2D eigenvalue weighted by atomic mass is 16.5. The van der Waals surface area contributed by atoms with E-state index in [1.807, 2.05) is 49.5 Å². The lowest BCUT2D eigenvalue weighted by Crippen LogP contribution is -2.37. The zero-order valence-electron chi connectivity index (χ0n) is 14.0. The second kappa shape index (κ2) is 5.61. The van der Waals surface area contributed by atoms with E-state index in [9.17, 15) is 5.11 Å². The average Bonchev–Trinajstić information content (AvgIpc) is 2.90. The third-order valence-electron chi connectivity index (χ3n) is 4.97. The first-order chi connectivity index (χ1) is 11.6. The molecule has 0 spiro atoms. The topological polar surface area (TPSA) is 58.8 Å². The van der Waals surface area contributed by atoms with Gasteiger partial charge in [-0.15, -0.1) is 0 Å². The summed E-state index contributed by atoms with van der Waals surface area (Å²) in [4.78, 5) is 4.71. The van der Waals surface area contributed by atoms with E-state index in [4.69, 9.17) is 9.72 Å².